The van der Waals surface area contributed by atoms with Crippen molar-refractivity contribution in [2.45, 2.75) is 25.0 Å². The maximum Gasteiger partial charge on any atom is 0.124 e. The van der Waals surface area contributed by atoms with Gasteiger partial charge in [-0.05, 0) is 32.0 Å². The summed E-state index contributed by atoms with van der Waals surface area (Å²) in [5.41, 5.74) is 1.10. The normalized spacial score (nSPS) is 21.9. The van der Waals surface area contributed by atoms with E-state index in [1.165, 1.54) is 0 Å². The molecule has 1 saturated heterocycles. The molecule has 2 heterocycles. The van der Waals surface area contributed by atoms with Crippen LogP contribution in [0.5, 0.6) is 5.75 Å². The first kappa shape index (κ1) is 12.7. The van der Waals surface area contributed by atoms with E-state index < -0.39 is 0 Å². The van der Waals surface area contributed by atoms with E-state index in [2.05, 4.69) is 11.4 Å². The number of fused-ring (bicyclic) bond motifs is 1. The first-order valence-electron chi connectivity index (χ1n) is 5.93. The van der Waals surface area contributed by atoms with Gasteiger partial charge in [0.2, 0.25) is 0 Å². The van der Waals surface area contributed by atoms with Crippen LogP contribution in [0.2, 0.25) is 0 Å². The minimum atomic E-state index is -0.0652. The molecule has 0 unspecified atom stereocenters. The average Bonchev–Trinajstić information content (AvgIpc) is 2.52. The SMILES string of the molecule is Cl.c1ccc2c(c1)COC1(CCNCC1)CO2. The highest BCUT2D eigenvalue weighted by Crippen LogP contribution is 2.31. The van der Waals surface area contributed by atoms with Crippen molar-refractivity contribution in [1.82, 2.24) is 5.32 Å². The molecule has 2 aliphatic heterocycles. The molecule has 0 radical (unpaired) electrons. The smallest absolute Gasteiger partial charge is 0.124 e. The van der Waals surface area contributed by atoms with Gasteiger partial charge in [-0.2, -0.15) is 0 Å². The van der Waals surface area contributed by atoms with Crippen LogP contribution in [0.25, 0.3) is 0 Å². The van der Waals surface area contributed by atoms with Crippen LogP contribution in [-0.4, -0.2) is 25.3 Å². The molecule has 94 valence electrons. The predicted molar refractivity (Wildman–Crippen MR) is 68.8 cm³/mol. The van der Waals surface area contributed by atoms with Gasteiger partial charge < -0.3 is 14.8 Å². The zero-order valence-corrected chi connectivity index (χ0v) is 10.6. The Morgan fingerprint density at radius 3 is 2.71 bits per heavy atom. The molecule has 3 rings (SSSR count). The monoisotopic (exact) mass is 255 g/mol. The number of hydrogen-bond donors (Lipinski definition) is 1. The fourth-order valence-electron chi connectivity index (χ4n) is 2.42. The van der Waals surface area contributed by atoms with E-state index in [1.807, 2.05) is 18.2 Å². The molecule has 0 atom stereocenters. The van der Waals surface area contributed by atoms with Gasteiger partial charge >= 0.3 is 0 Å². The summed E-state index contributed by atoms with van der Waals surface area (Å²) in [6.07, 6.45) is 2.09. The molecule has 4 heteroatoms. The largest absolute Gasteiger partial charge is 0.490 e. The summed E-state index contributed by atoms with van der Waals surface area (Å²) in [6.45, 7) is 3.42. The fourth-order valence-corrected chi connectivity index (χ4v) is 2.42. The highest BCUT2D eigenvalue weighted by atomic mass is 35.5. The minimum absolute atomic E-state index is 0. The summed E-state index contributed by atoms with van der Waals surface area (Å²) in [5, 5.41) is 3.36. The number of nitrogens with one attached hydrogen (secondary N) is 1. The zero-order valence-electron chi connectivity index (χ0n) is 9.78. The Hall–Kier alpha value is -0.770. The maximum absolute atomic E-state index is 6.09. The predicted octanol–water partition coefficient (Wildman–Crippen LogP) is 2.14. The average molecular weight is 256 g/mol. The Morgan fingerprint density at radius 2 is 1.88 bits per heavy atom. The van der Waals surface area contributed by atoms with Gasteiger partial charge in [0, 0.05) is 5.56 Å². The molecule has 1 spiro atoms. The van der Waals surface area contributed by atoms with E-state index >= 15 is 0 Å². The quantitative estimate of drug-likeness (QED) is 0.771. The second-order valence-electron chi connectivity index (χ2n) is 4.62. The Bertz CT molecular complexity index is 348. The lowest BCUT2D eigenvalue weighted by molar-refractivity contribution is -0.0903. The summed E-state index contributed by atoms with van der Waals surface area (Å²) in [7, 11) is 0. The van der Waals surface area contributed by atoms with Gasteiger partial charge in [-0.25, -0.2) is 0 Å². The van der Waals surface area contributed by atoms with Gasteiger partial charge in [0.05, 0.1) is 6.61 Å². The third-order valence-electron chi connectivity index (χ3n) is 3.51. The van der Waals surface area contributed by atoms with Gasteiger partial charge in [0.15, 0.2) is 0 Å². The van der Waals surface area contributed by atoms with Crippen LogP contribution in [0.15, 0.2) is 24.3 Å². The first-order valence-corrected chi connectivity index (χ1v) is 5.93. The van der Waals surface area contributed by atoms with Crippen molar-refractivity contribution >= 4 is 12.4 Å². The number of halogens is 1. The standard InChI is InChI=1S/C13H17NO2.ClH/c1-2-4-12-11(3-1)9-16-13(10-15-12)5-7-14-8-6-13;/h1-4,14H,5-10H2;1H. The highest BCUT2D eigenvalue weighted by molar-refractivity contribution is 5.85. The van der Waals surface area contributed by atoms with E-state index in [-0.39, 0.29) is 18.0 Å². The van der Waals surface area contributed by atoms with Crippen LogP contribution in [0.4, 0.5) is 0 Å². The zero-order chi connectivity index (χ0) is 10.8. The van der Waals surface area contributed by atoms with E-state index in [0.717, 1.165) is 37.2 Å². The molecule has 0 aliphatic carbocycles. The molecule has 17 heavy (non-hydrogen) atoms. The fraction of sp³-hybridized carbons (Fsp3) is 0.538. The van der Waals surface area contributed by atoms with Crippen LogP contribution < -0.4 is 10.1 Å². The van der Waals surface area contributed by atoms with Gasteiger partial charge in [-0.15, -0.1) is 12.4 Å². The van der Waals surface area contributed by atoms with Crippen molar-refractivity contribution in [2.75, 3.05) is 19.7 Å². The Balaban J connectivity index is 0.00000108. The van der Waals surface area contributed by atoms with Crippen molar-refractivity contribution in [3.8, 4) is 5.75 Å². The van der Waals surface area contributed by atoms with Gasteiger partial charge in [0.25, 0.3) is 0 Å². The Kier molecular flexibility index (Phi) is 3.92. The number of ether oxygens (including phenoxy) is 2. The van der Waals surface area contributed by atoms with Gasteiger partial charge in [-0.3, -0.25) is 0 Å². The topological polar surface area (TPSA) is 30.5 Å². The van der Waals surface area contributed by atoms with Gasteiger partial charge in [-0.1, -0.05) is 18.2 Å². The molecular formula is C13H18ClNO2. The summed E-state index contributed by atoms with van der Waals surface area (Å²) in [6, 6.07) is 8.15. The Labute approximate surface area is 108 Å². The number of piperidine rings is 1. The number of rotatable bonds is 0. The maximum atomic E-state index is 6.09. The summed E-state index contributed by atoms with van der Waals surface area (Å²) in [5.74, 6) is 0.984. The van der Waals surface area contributed by atoms with Crippen LogP contribution in [0, 0.1) is 0 Å². The van der Waals surface area contributed by atoms with E-state index in [4.69, 9.17) is 9.47 Å². The molecule has 2 aliphatic rings. The van der Waals surface area contributed by atoms with Gasteiger partial charge in [0.1, 0.15) is 18.0 Å². The molecule has 1 N–H and O–H groups in total. The lowest BCUT2D eigenvalue weighted by Crippen LogP contribution is -2.47. The molecule has 0 bridgehead atoms. The second-order valence-corrected chi connectivity index (χ2v) is 4.62. The summed E-state index contributed by atoms with van der Waals surface area (Å²) >= 11 is 0. The minimum Gasteiger partial charge on any atom is -0.490 e. The molecule has 0 saturated carbocycles. The third kappa shape index (κ3) is 2.57. The first-order chi connectivity index (χ1) is 7.88. The van der Waals surface area contributed by atoms with Crippen molar-refractivity contribution in [3.05, 3.63) is 29.8 Å². The third-order valence-corrected chi connectivity index (χ3v) is 3.51. The van der Waals surface area contributed by atoms with Crippen LogP contribution >= 0.6 is 12.4 Å². The van der Waals surface area contributed by atoms with E-state index in [1.54, 1.807) is 0 Å². The molecule has 1 fully saturated rings. The van der Waals surface area contributed by atoms with E-state index in [0.29, 0.717) is 13.2 Å². The van der Waals surface area contributed by atoms with Crippen LogP contribution in [0.3, 0.4) is 0 Å². The van der Waals surface area contributed by atoms with Crippen LogP contribution in [0.1, 0.15) is 18.4 Å². The molecule has 1 aromatic rings. The lowest BCUT2D eigenvalue weighted by atomic mass is 9.93. The molecule has 0 aromatic heterocycles. The second kappa shape index (κ2) is 5.25. The molecular weight excluding hydrogens is 238 g/mol. The summed E-state index contributed by atoms with van der Waals surface area (Å²) in [4.78, 5) is 0. The molecule has 1 aromatic carbocycles. The van der Waals surface area contributed by atoms with Crippen molar-refractivity contribution < 1.29 is 9.47 Å². The lowest BCUT2D eigenvalue weighted by Gasteiger charge is -2.35. The number of benzene rings is 1. The number of hydrogen-bond acceptors (Lipinski definition) is 3. The molecule has 0 amide bonds. The molecule has 3 nitrogen and oxygen atoms in total. The Morgan fingerprint density at radius 1 is 1.12 bits per heavy atom. The van der Waals surface area contributed by atoms with Crippen molar-refractivity contribution in [2.24, 2.45) is 0 Å². The number of para-hydroxylation sites is 1. The van der Waals surface area contributed by atoms with Crippen molar-refractivity contribution in [3.63, 3.8) is 0 Å². The highest BCUT2D eigenvalue weighted by Gasteiger charge is 2.35. The van der Waals surface area contributed by atoms with Crippen molar-refractivity contribution in [1.29, 1.82) is 0 Å². The van der Waals surface area contributed by atoms with Crippen LogP contribution in [-0.2, 0) is 11.3 Å². The summed E-state index contributed by atoms with van der Waals surface area (Å²) < 4.78 is 12.0. The van der Waals surface area contributed by atoms with E-state index in [9.17, 15) is 0 Å².